The van der Waals surface area contributed by atoms with Crippen LogP contribution in [-0.4, -0.2) is 46.4 Å². The number of ether oxygens (including phenoxy) is 3. The SMILES string of the molecule is CCOc1ccc2nccc(CCC3(O)CCC(C(=O)Nc4ccc5c(c4)OCCO5)CC3)c2n1. The molecule has 1 fully saturated rings. The van der Waals surface area contributed by atoms with Gasteiger partial charge in [-0.2, -0.15) is 0 Å². The molecule has 0 radical (unpaired) electrons. The Balaban J connectivity index is 1.18. The third-order valence-corrected chi connectivity index (χ3v) is 6.89. The highest BCUT2D eigenvalue weighted by molar-refractivity contribution is 5.93. The van der Waals surface area contributed by atoms with Gasteiger partial charge in [-0.15, -0.1) is 0 Å². The summed E-state index contributed by atoms with van der Waals surface area (Å²) in [6.45, 7) is 3.52. The lowest BCUT2D eigenvalue weighted by molar-refractivity contribution is -0.122. The van der Waals surface area contributed by atoms with Crippen molar-refractivity contribution >= 4 is 22.6 Å². The topological polar surface area (TPSA) is 103 Å². The molecule has 0 saturated heterocycles. The Labute approximate surface area is 204 Å². The number of fused-ring (bicyclic) bond motifs is 2. The van der Waals surface area contributed by atoms with E-state index in [9.17, 15) is 9.90 Å². The van der Waals surface area contributed by atoms with Gasteiger partial charge in [0, 0.05) is 29.9 Å². The number of hydrogen-bond donors (Lipinski definition) is 2. The van der Waals surface area contributed by atoms with E-state index >= 15 is 0 Å². The minimum Gasteiger partial charge on any atom is -0.486 e. The summed E-state index contributed by atoms with van der Waals surface area (Å²) < 4.78 is 16.7. The fourth-order valence-corrected chi connectivity index (χ4v) is 4.89. The van der Waals surface area contributed by atoms with E-state index in [1.54, 1.807) is 12.3 Å². The molecule has 0 spiro atoms. The summed E-state index contributed by atoms with van der Waals surface area (Å²) in [4.78, 5) is 21.9. The number of pyridine rings is 2. The Bertz CT molecular complexity index is 1210. The van der Waals surface area contributed by atoms with Gasteiger partial charge in [0.15, 0.2) is 11.5 Å². The van der Waals surface area contributed by atoms with Crippen LogP contribution >= 0.6 is 0 Å². The van der Waals surface area contributed by atoms with Crippen LogP contribution in [0, 0.1) is 5.92 Å². The van der Waals surface area contributed by atoms with Crippen molar-refractivity contribution in [2.24, 2.45) is 5.92 Å². The van der Waals surface area contributed by atoms with Crippen molar-refractivity contribution < 1.29 is 24.1 Å². The molecule has 2 N–H and O–H groups in total. The lowest BCUT2D eigenvalue weighted by Gasteiger charge is -2.35. The molecule has 1 aromatic carbocycles. The van der Waals surface area contributed by atoms with Crippen molar-refractivity contribution in [1.82, 2.24) is 9.97 Å². The Morgan fingerprint density at radius 1 is 1.14 bits per heavy atom. The largest absolute Gasteiger partial charge is 0.486 e. The van der Waals surface area contributed by atoms with Crippen molar-refractivity contribution in [1.29, 1.82) is 0 Å². The predicted octanol–water partition coefficient (Wildman–Crippen LogP) is 4.29. The number of hydrogen-bond acceptors (Lipinski definition) is 7. The van der Waals surface area contributed by atoms with Crippen LogP contribution in [0.25, 0.3) is 11.0 Å². The van der Waals surface area contributed by atoms with Gasteiger partial charge in [-0.3, -0.25) is 9.78 Å². The summed E-state index contributed by atoms with van der Waals surface area (Å²) in [5.41, 5.74) is 2.58. The fourth-order valence-electron chi connectivity index (χ4n) is 4.89. The van der Waals surface area contributed by atoms with Crippen LogP contribution in [0.15, 0.2) is 42.6 Å². The first-order chi connectivity index (χ1) is 17.0. The van der Waals surface area contributed by atoms with E-state index in [2.05, 4.69) is 15.3 Å². The number of aryl methyl sites for hydroxylation is 1. The van der Waals surface area contributed by atoms with Crippen molar-refractivity contribution in [2.45, 2.75) is 51.0 Å². The molecule has 1 aliphatic heterocycles. The van der Waals surface area contributed by atoms with Crippen LogP contribution in [0.4, 0.5) is 5.69 Å². The molecule has 1 amide bonds. The van der Waals surface area contributed by atoms with Crippen molar-refractivity contribution in [3.05, 3.63) is 48.2 Å². The smallest absolute Gasteiger partial charge is 0.227 e. The highest BCUT2D eigenvalue weighted by Crippen LogP contribution is 2.37. The number of carbonyl (C=O) groups excluding carboxylic acids is 1. The van der Waals surface area contributed by atoms with Crippen molar-refractivity contribution in [2.75, 3.05) is 25.1 Å². The number of nitrogens with one attached hydrogen (secondary N) is 1. The Morgan fingerprint density at radius 2 is 1.94 bits per heavy atom. The second-order valence-corrected chi connectivity index (χ2v) is 9.27. The maximum Gasteiger partial charge on any atom is 0.227 e. The monoisotopic (exact) mass is 477 g/mol. The zero-order valence-corrected chi connectivity index (χ0v) is 20.0. The van der Waals surface area contributed by atoms with Gasteiger partial charge in [-0.1, -0.05) is 0 Å². The van der Waals surface area contributed by atoms with E-state index < -0.39 is 5.60 Å². The zero-order valence-electron chi connectivity index (χ0n) is 20.0. The maximum absolute atomic E-state index is 12.9. The summed E-state index contributed by atoms with van der Waals surface area (Å²) in [5, 5.41) is 14.2. The average Bonchev–Trinajstić information content (AvgIpc) is 2.88. The molecule has 0 atom stereocenters. The standard InChI is InChI=1S/C27H31N3O5/c1-2-33-24-6-4-21-25(30-24)18(10-14-28-21)7-11-27(32)12-8-19(9-13-27)26(31)29-20-3-5-22-23(17-20)35-16-15-34-22/h3-6,10,14,17,19,32H,2,7-9,11-13,15-16H2,1H3,(H,29,31). The van der Waals surface area contributed by atoms with Gasteiger partial charge in [0.1, 0.15) is 13.2 Å². The van der Waals surface area contributed by atoms with E-state index in [-0.39, 0.29) is 11.8 Å². The number of carbonyl (C=O) groups is 1. The highest BCUT2D eigenvalue weighted by atomic mass is 16.6. The summed E-state index contributed by atoms with van der Waals surface area (Å²) in [6, 6.07) is 11.1. The van der Waals surface area contributed by atoms with E-state index in [1.807, 2.05) is 37.3 Å². The Hall–Kier alpha value is -3.39. The molecule has 5 rings (SSSR count). The molecule has 0 unspecified atom stereocenters. The van der Waals surface area contributed by atoms with Crippen LogP contribution in [0.5, 0.6) is 17.4 Å². The van der Waals surface area contributed by atoms with Gasteiger partial charge >= 0.3 is 0 Å². The number of aliphatic hydroxyl groups is 1. The summed E-state index contributed by atoms with van der Waals surface area (Å²) in [6.07, 6.45) is 5.56. The third-order valence-electron chi connectivity index (χ3n) is 6.89. The molecule has 3 aromatic rings. The Morgan fingerprint density at radius 3 is 2.74 bits per heavy atom. The first-order valence-corrected chi connectivity index (χ1v) is 12.3. The summed E-state index contributed by atoms with van der Waals surface area (Å²) in [5.74, 6) is 1.79. The molecular weight excluding hydrogens is 446 g/mol. The zero-order chi connectivity index (χ0) is 24.3. The molecule has 184 valence electrons. The molecule has 3 heterocycles. The van der Waals surface area contributed by atoms with E-state index in [1.165, 1.54) is 0 Å². The Kier molecular flexibility index (Phi) is 6.72. The van der Waals surface area contributed by atoms with Crippen molar-refractivity contribution in [3.63, 3.8) is 0 Å². The molecule has 1 aliphatic carbocycles. The van der Waals surface area contributed by atoms with Crippen molar-refractivity contribution in [3.8, 4) is 17.4 Å². The first kappa shape index (κ1) is 23.4. The van der Waals surface area contributed by atoms with Crippen LogP contribution in [0.3, 0.4) is 0 Å². The number of nitrogens with zero attached hydrogens (tertiary/aromatic N) is 2. The fraction of sp³-hybridized carbons (Fsp3) is 0.444. The van der Waals surface area contributed by atoms with Gasteiger partial charge in [0.05, 0.1) is 23.2 Å². The molecule has 2 aromatic heterocycles. The molecule has 0 bridgehead atoms. The molecule has 1 saturated carbocycles. The van der Waals surface area contributed by atoms with Gasteiger partial charge in [0.2, 0.25) is 11.8 Å². The highest BCUT2D eigenvalue weighted by Gasteiger charge is 2.35. The van der Waals surface area contributed by atoms with Gasteiger partial charge in [-0.05, 0) is 75.3 Å². The van der Waals surface area contributed by atoms with E-state index in [0.29, 0.717) is 81.4 Å². The van der Waals surface area contributed by atoms with Gasteiger partial charge in [0.25, 0.3) is 0 Å². The van der Waals surface area contributed by atoms with Crippen LogP contribution < -0.4 is 19.5 Å². The lowest BCUT2D eigenvalue weighted by Crippen LogP contribution is -2.38. The molecule has 8 heteroatoms. The van der Waals surface area contributed by atoms with E-state index in [0.717, 1.165) is 16.6 Å². The second kappa shape index (κ2) is 10.1. The molecular formula is C27H31N3O5. The molecule has 8 nitrogen and oxygen atoms in total. The van der Waals surface area contributed by atoms with Crippen LogP contribution in [0.1, 0.15) is 44.6 Å². The quantitative estimate of drug-likeness (QED) is 0.523. The van der Waals surface area contributed by atoms with E-state index in [4.69, 9.17) is 14.2 Å². The number of rotatable bonds is 7. The second-order valence-electron chi connectivity index (χ2n) is 9.27. The third kappa shape index (κ3) is 5.32. The average molecular weight is 478 g/mol. The summed E-state index contributed by atoms with van der Waals surface area (Å²) >= 11 is 0. The summed E-state index contributed by atoms with van der Waals surface area (Å²) in [7, 11) is 0. The maximum atomic E-state index is 12.9. The number of aromatic nitrogens is 2. The lowest BCUT2D eigenvalue weighted by atomic mass is 9.76. The number of anilines is 1. The molecule has 2 aliphatic rings. The van der Waals surface area contributed by atoms with Gasteiger partial charge in [-0.25, -0.2) is 4.98 Å². The normalized spacial score (nSPS) is 21.5. The first-order valence-electron chi connectivity index (χ1n) is 12.3. The van der Waals surface area contributed by atoms with Crippen LogP contribution in [-0.2, 0) is 11.2 Å². The van der Waals surface area contributed by atoms with Crippen LogP contribution in [0.2, 0.25) is 0 Å². The minimum absolute atomic E-state index is 0.0171. The minimum atomic E-state index is -0.791. The predicted molar refractivity (Wildman–Crippen MR) is 132 cm³/mol. The van der Waals surface area contributed by atoms with Gasteiger partial charge < -0.3 is 24.6 Å². The number of benzene rings is 1. The molecule has 35 heavy (non-hydrogen) atoms. The number of amides is 1.